The van der Waals surface area contributed by atoms with Crippen LogP contribution in [0.25, 0.3) is 5.70 Å². The van der Waals surface area contributed by atoms with Gasteiger partial charge >= 0.3 is 6.09 Å². The molecule has 14 heteroatoms. The second-order valence-corrected chi connectivity index (χ2v) is 15.9. The molecule has 2 atom stereocenters. The number of hydrogen-bond donors (Lipinski definition) is 2. The summed E-state index contributed by atoms with van der Waals surface area (Å²) in [4.78, 5) is 56.7. The van der Waals surface area contributed by atoms with Crippen molar-refractivity contribution in [3.8, 4) is 0 Å². The minimum absolute atomic E-state index is 0.0478. The van der Waals surface area contributed by atoms with E-state index in [-0.39, 0.29) is 23.8 Å². The van der Waals surface area contributed by atoms with Gasteiger partial charge in [-0.2, -0.15) is 10.9 Å². The third-order valence-electron chi connectivity index (χ3n) is 8.72. The van der Waals surface area contributed by atoms with Crippen LogP contribution in [-0.4, -0.2) is 71.7 Å². The number of nitrogens with zero attached hydrogens (tertiary/aromatic N) is 6. The van der Waals surface area contributed by atoms with Gasteiger partial charge < -0.3 is 19.1 Å². The van der Waals surface area contributed by atoms with E-state index in [0.29, 0.717) is 40.4 Å². The van der Waals surface area contributed by atoms with Crippen molar-refractivity contribution in [1.82, 2.24) is 24.3 Å². The van der Waals surface area contributed by atoms with Crippen molar-refractivity contribution in [2.45, 2.75) is 76.4 Å². The largest absolute Gasteiger partial charge is 0.444 e. The molecule has 0 bridgehead atoms. The van der Waals surface area contributed by atoms with Gasteiger partial charge in [0.15, 0.2) is 11.2 Å². The number of aliphatic imine (C=N–C) groups is 1. The quantitative estimate of drug-likeness (QED) is 0.336. The highest BCUT2D eigenvalue weighted by Crippen LogP contribution is 2.45. The number of aromatic nitrogens is 3. The molecule has 2 aromatic heterocycles. The van der Waals surface area contributed by atoms with E-state index in [1.165, 1.54) is 22.3 Å². The molecule has 1 fully saturated rings. The van der Waals surface area contributed by atoms with Crippen LogP contribution in [0, 0.1) is 5.82 Å². The Bertz CT molecular complexity index is 1760. The smallest absolute Gasteiger partial charge is 0.410 e. The lowest BCUT2D eigenvalue weighted by atomic mass is 10.0. The van der Waals surface area contributed by atoms with Crippen molar-refractivity contribution in [2.75, 3.05) is 18.4 Å². The predicted octanol–water partition coefficient (Wildman–Crippen LogP) is 5.50. The molecule has 0 radical (unpaired) electrons. The van der Waals surface area contributed by atoms with Gasteiger partial charge in [0.05, 0.1) is 24.3 Å². The van der Waals surface area contributed by atoms with E-state index in [1.54, 1.807) is 28.9 Å². The van der Waals surface area contributed by atoms with Gasteiger partial charge in [0.1, 0.15) is 11.4 Å². The molecule has 1 aromatic carbocycles. The van der Waals surface area contributed by atoms with Crippen LogP contribution in [0.1, 0.15) is 78.9 Å². The molecule has 0 spiro atoms. The molecule has 3 amide bonds. The lowest BCUT2D eigenvalue weighted by Gasteiger charge is -2.35. The number of carbonyl (C=O) groups is 3. The molecule has 46 heavy (non-hydrogen) atoms. The van der Waals surface area contributed by atoms with Crippen molar-refractivity contribution in [2.24, 2.45) is 4.99 Å². The number of imidazole rings is 1. The molecule has 4 aliphatic heterocycles. The van der Waals surface area contributed by atoms with E-state index >= 15 is 4.39 Å². The fraction of sp³-hybridized carbons (Fsp3) is 0.438. The molecule has 0 aliphatic carbocycles. The summed E-state index contributed by atoms with van der Waals surface area (Å²) in [6, 6.07) is 2.09. The number of benzene rings is 1. The van der Waals surface area contributed by atoms with Crippen LogP contribution in [-0.2, 0) is 29.0 Å². The Morgan fingerprint density at radius 3 is 2.72 bits per heavy atom. The summed E-state index contributed by atoms with van der Waals surface area (Å²) in [5.74, 6) is -1.36. The number of fused-ring (bicyclic) bond motifs is 2. The van der Waals surface area contributed by atoms with Crippen molar-refractivity contribution in [1.29, 1.82) is 0 Å². The Balaban J connectivity index is 1.10. The van der Waals surface area contributed by atoms with Gasteiger partial charge in [0.2, 0.25) is 0 Å². The van der Waals surface area contributed by atoms with E-state index < -0.39 is 40.2 Å². The number of hydrogen-bond acceptors (Lipinski definition) is 8. The average Bonchev–Trinajstić information content (AvgIpc) is 3.84. The number of thiol groups is 1. The van der Waals surface area contributed by atoms with Crippen LogP contribution in [0.5, 0.6) is 0 Å². The van der Waals surface area contributed by atoms with Gasteiger partial charge in [-0.05, 0) is 69.2 Å². The molecule has 7 rings (SSSR count). The van der Waals surface area contributed by atoms with E-state index in [0.717, 1.165) is 37.9 Å². The lowest BCUT2D eigenvalue weighted by molar-refractivity contribution is -0.121. The molecular weight excluding hydrogens is 630 g/mol. The maximum Gasteiger partial charge on any atom is 0.410 e. The second-order valence-electron chi connectivity index (χ2n) is 12.9. The molecule has 1 saturated heterocycles. The summed E-state index contributed by atoms with van der Waals surface area (Å²) in [6.07, 6.45) is 6.35. The number of amides is 3. The maximum atomic E-state index is 15.7. The molecule has 6 heterocycles. The summed E-state index contributed by atoms with van der Waals surface area (Å²) in [5.41, 5.74) is 4.50. The van der Waals surface area contributed by atoms with Gasteiger partial charge in [-0.25, -0.2) is 19.2 Å². The molecule has 2 unspecified atom stereocenters. The molecule has 0 saturated carbocycles. The fourth-order valence-electron chi connectivity index (χ4n) is 6.51. The average molecular weight is 666 g/mol. The summed E-state index contributed by atoms with van der Waals surface area (Å²) < 4.78 is 23.3. The lowest BCUT2D eigenvalue weighted by Crippen LogP contribution is -2.42. The Morgan fingerprint density at radius 2 is 1.98 bits per heavy atom. The topological polar surface area (TPSA) is 122 Å². The molecular formula is C32H36FN7O4S2. The molecule has 242 valence electrons. The number of rotatable bonds is 6. The first kappa shape index (κ1) is 30.6. The van der Waals surface area contributed by atoms with Crippen molar-refractivity contribution < 1.29 is 23.5 Å². The SMILES string of the molecule is CC(C)(C)OC(=O)N1CCC([SH]2C=NC(c3cc(F)c4c(c3)C(=O)N(C(C(=O)Nc3nccs3)c3ncn5c3CCC5)C4)=C2)CC1. The van der Waals surface area contributed by atoms with Crippen LogP contribution < -0.4 is 5.32 Å². The van der Waals surface area contributed by atoms with Crippen LogP contribution in [0.4, 0.5) is 14.3 Å². The molecule has 3 aromatic rings. The summed E-state index contributed by atoms with van der Waals surface area (Å²) >= 11 is 1.28. The first-order valence-corrected chi connectivity index (χ1v) is 17.9. The fourth-order valence-corrected chi connectivity index (χ4v) is 9.09. The minimum Gasteiger partial charge on any atom is -0.444 e. The number of likely N-dealkylation sites (tertiary alicyclic amines) is 1. The van der Waals surface area contributed by atoms with E-state index in [4.69, 9.17) is 4.74 Å². The predicted molar refractivity (Wildman–Crippen MR) is 177 cm³/mol. The third kappa shape index (κ3) is 5.83. The van der Waals surface area contributed by atoms with Crippen LogP contribution in [0.15, 0.2) is 40.4 Å². The highest BCUT2D eigenvalue weighted by molar-refractivity contribution is 8.31. The van der Waals surface area contributed by atoms with Gasteiger partial charge in [-0.3, -0.25) is 19.9 Å². The number of ether oxygens (including phenoxy) is 1. The third-order valence-corrected chi connectivity index (χ3v) is 11.7. The monoisotopic (exact) mass is 665 g/mol. The zero-order valence-corrected chi connectivity index (χ0v) is 27.6. The standard InChI is InChI=1S/C32H36FN7O4S2/c1-32(2,3)44-31(43)38-10-6-20(7-11-38)46-16-24(36-18-46)19-13-21-22(23(33)14-19)15-40(29(21)42)27(28(41)37-30-34-8-12-45-30)26-25-5-4-9-39(25)17-35-26/h8,12-14,16-18,20,27,46H,4-7,9-11,15H2,1-3H3,(H,34,37,41). The first-order valence-electron chi connectivity index (χ1n) is 15.4. The Hall–Kier alpha value is -4.04. The number of thiazole rings is 1. The molecule has 1 N–H and O–H groups in total. The minimum atomic E-state index is -1.04. The number of carbonyl (C=O) groups excluding carboxylic acids is 3. The van der Waals surface area contributed by atoms with E-state index in [1.807, 2.05) is 30.9 Å². The number of aryl methyl sites for hydroxylation is 1. The van der Waals surface area contributed by atoms with Gasteiger partial charge in [-0.15, -0.1) is 11.3 Å². The van der Waals surface area contributed by atoms with E-state index in [9.17, 15) is 14.4 Å². The first-order chi connectivity index (χ1) is 22.1. The van der Waals surface area contributed by atoms with Crippen LogP contribution in [0.2, 0.25) is 0 Å². The van der Waals surface area contributed by atoms with Gasteiger partial charge in [0.25, 0.3) is 11.8 Å². The highest BCUT2D eigenvalue weighted by Gasteiger charge is 2.42. The normalized spacial score (nSPS) is 20.9. The maximum absolute atomic E-state index is 15.7. The zero-order chi connectivity index (χ0) is 32.2. The van der Waals surface area contributed by atoms with Crippen molar-refractivity contribution in [3.05, 3.63) is 69.3 Å². The van der Waals surface area contributed by atoms with Crippen LogP contribution >= 0.6 is 22.2 Å². The molecule has 4 aliphatic rings. The Kier molecular flexibility index (Phi) is 7.96. The summed E-state index contributed by atoms with van der Waals surface area (Å²) in [7, 11) is -0.713. The number of anilines is 1. The highest BCUT2D eigenvalue weighted by atomic mass is 32.2. The van der Waals surface area contributed by atoms with Gasteiger partial charge in [-0.1, -0.05) is 0 Å². The van der Waals surface area contributed by atoms with E-state index in [2.05, 4.69) is 25.7 Å². The van der Waals surface area contributed by atoms with Gasteiger partial charge in [0, 0.05) is 59.1 Å². The zero-order valence-electron chi connectivity index (χ0n) is 25.9. The molecule has 11 nitrogen and oxygen atoms in total. The Morgan fingerprint density at radius 1 is 1.17 bits per heavy atom. The van der Waals surface area contributed by atoms with Crippen LogP contribution in [0.3, 0.4) is 0 Å². The number of piperidine rings is 1. The summed E-state index contributed by atoms with van der Waals surface area (Å²) in [5, 5.41) is 7.43. The summed E-state index contributed by atoms with van der Waals surface area (Å²) in [6.45, 7) is 7.57. The Labute approximate surface area is 272 Å². The van der Waals surface area contributed by atoms with Crippen molar-refractivity contribution >= 4 is 56.5 Å². The number of nitrogens with one attached hydrogen (secondary N) is 1. The van der Waals surface area contributed by atoms with Crippen molar-refractivity contribution in [3.63, 3.8) is 0 Å². The second kappa shape index (κ2) is 12.0. The number of halogens is 1.